The number of hydrogen-bond donors (Lipinski definition) is 1. The van der Waals surface area contributed by atoms with E-state index >= 15 is 0 Å². The second-order valence-electron chi connectivity index (χ2n) is 5.52. The number of nitrogens with zero attached hydrogens (tertiary/aromatic N) is 1. The number of carbonyl (C=O) groups excluding carboxylic acids is 1. The summed E-state index contributed by atoms with van der Waals surface area (Å²) in [5.74, 6) is -0.0167. The van der Waals surface area contributed by atoms with Crippen molar-refractivity contribution in [1.82, 2.24) is 10.3 Å². The van der Waals surface area contributed by atoms with Crippen LogP contribution in [0, 0.1) is 5.92 Å². The van der Waals surface area contributed by atoms with Crippen molar-refractivity contribution in [3.05, 3.63) is 30.1 Å². The number of carbonyl (C=O) groups is 1. The summed E-state index contributed by atoms with van der Waals surface area (Å²) in [5, 5.41) is 3.15. The van der Waals surface area contributed by atoms with Gasteiger partial charge in [0, 0.05) is 25.9 Å². The molecule has 1 N–H and O–H groups in total. The zero-order valence-electron chi connectivity index (χ0n) is 12.6. The topological polar surface area (TPSA) is 51.2 Å². The number of hydrogen-bond acceptors (Lipinski definition) is 4. The number of rotatable bonds is 4. The van der Waals surface area contributed by atoms with Crippen molar-refractivity contribution in [3.63, 3.8) is 0 Å². The molecule has 0 spiro atoms. The second kappa shape index (κ2) is 6.98. The van der Waals surface area contributed by atoms with Crippen LogP contribution < -0.4 is 5.32 Å². The maximum absolute atomic E-state index is 11.8. The van der Waals surface area contributed by atoms with Gasteiger partial charge in [-0.25, -0.2) is 0 Å². The Kier molecular flexibility index (Phi) is 5.28. The van der Waals surface area contributed by atoms with Gasteiger partial charge in [0.05, 0.1) is 17.5 Å². The molecule has 21 heavy (non-hydrogen) atoms. The summed E-state index contributed by atoms with van der Waals surface area (Å²) in [5.41, 5.74) is 0.781. The Hall–Kier alpha value is -1.49. The van der Waals surface area contributed by atoms with Gasteiger partial charge in [0.2, 0.25) is 0 Å². The van der Waals surface area contributed by atoms with Crippen molar-refractivity contribution in [2.45, 2.75) is 37.5 Å². The number of nitrogens with one attached hydrogen (secondary N) is 1. The van der Waals surface area contributed by atoms with E-state index in [0.717, 1.165) is 36.2 Å². The summed E-state index contributed by atoms with van der Waals surface area (Å²) in [6, 6.07) is 3.99. The lowest BCUT2D eigenvalue weighted by Gasteiger charge is -2.44. The number of likely N-dealkylation sites (N-methyl/N-ethyl adjacent to an activating group) is 1. The van der Waals surface area contributed by atoms with E-state index in [-0.39, 0.29) is 17.3 Å². The molecular weight excluding hydrogens is 284 g/mol. The molecule has 2 atom stereocenters. The fourth-order valence-electron chi connectivity index (χ4n) is 3.47. The summed E-state index contributed by atoms with van der Waals surface area (Å²) in [6.07, 6.45) is 8.18. The number of aromatic nitrogens is 1. The van der Waals surface area contributed by atoms with Crippen molar-refractivity contribution in [3.8, 4) is 0 Å². The average Bonchev–Trinajstić information content (AvgIpc) is 2.55. The lowest BCUT2D eigenvalue weighted by Crippen LogP contribution is -2.50. The Bertz CT molecular complexity index is 506. The van der Waals surface area contributed by atoms with Crippen molar-refractivity contribution in [2.24, 2.45) is 5.92 Å². The summed E-state index contributed by atoms with van der Waals surface area (Å²) >= 11 is 5.64. The molecule has 1 unspecified atom stereocenters. The number of pyridine rings is 1. The Balaban J connectivity index is 2.45. The highest BCUT2D eigenvalue weighted by molar-refractivity contribution is 7.80. The third-order valence-electron chi connectivity index (χ3n) is 4.52. The first-order chi connectivity index (χ1) is 10.1. The third-order valence-corrected chi connectivity index (χ3v) is 5.09. The van der Waals surface area contributed by atoms with E-state index < -0.39 is 0 Å². The molecule has 1 heterocycles. The molecule has 1 aromatic heterocycles. The quantitative estimate of drug-likeness (QED) is 0.684. The van der Waals surface area contributed by atoms with Crippen LogP contribution in [0.5, 0.6) is 0 Å². The van der Waals surface area contributed by atoms with Crippen molar-refractivity contribution in [2.75, 3.05) is 14.2 Å². The normalized spacial score (nSPS) is 25.1. The first-order valence-corrected chi connectivity index (χ1v) is 7.75. The molecule has 0 radical (unpaired) electrons. The molecule has 0 bridgehead atoms. The van der Waals surface area contributed by atoms with Gasteiger partial charge < -0.3 is 10.1 Å². The van der Waals surface area contributed by atoms with Crippen molar-refractivity contribution < 1.29 is 9.53 Å². The van der Waals surface area contributed by atoms with Gasteiger partial charge in [0.1, 0.15) is 0 Å². The zero-order chi connectivity index (χ0) is 15.3. The van der Waals surface area contributed by atoms with Crippen LogP contribution in [-0.4, -0.2) is 30.1 Å². The molecule has 1 aliphatic carbocycles. The van der Waals surface area contributed by atoms with Gasteiger partial charge in [-0.1, -0.05) is 31.1 Å². The maximum Gasteiger partial charge on any atom is 0.305 e. The van der Waals surface area contributed by atoms with Gasteiger partial charge >= 0.3 is 5.97 Å². The van der Waals surface area contributed by atoms with Gasteiger partial charge in [0.15, 0.2) is 0 Å². The molecule has 1 aromatic rings. The highest BCUT2D eigenvalue weighted by Gasteiger charge is 2.46. The van der Waals surface area contributed by atoms with E-state index in [1.54, 1.807) is 6.20 Å². The monoisotopic (exact) mass is 306 g/mol. The predicted octanol–water partition coefficient (Wildman–Crippen LogP) is 2.62. The first kappa shape index (κ1) is 15.9. The van der Waals surface area contributed by atoms with Crippen molar-refractivity contribution >= 4 is 23.2 Å². The van der Waals surface area contributed by atoms with Gasteiger partial charge in [-0.15, -0.1) is 0 Å². The zero-order valence-corrected chi connectivity index (χ0v) is 13.4. The SMILES string of the molecule is CNC(=S)[C@]1(c2cccnc2)CCCCC1CC(=O)OC. The molecule has 5 heteroatoms. The molecule has 0 amide bonds. The van der Waals surface area contributed by atoms with Crippen LogP contribution in [0.1, 0.15) is 37.7 Å². The fraction of sp³-hybridized carbons (Fsp3) is 0.562. The molecule has 1 aliphatic rings. The molecule has 2 rings (SSSR count). The highest BCUT2D eigenvalue weighted by atomic mass is 32.1. The highest BCUT2D eigenvalue weighted by Crippen LogP contribution is 2.46. The Morgan fingerprint density at radius 2 is 2.38 bits per heavy atom. The lowest BCUT2D eigenvalue weighted by atomic mass is 9.61. The largest absolute Gasteiger partial charge is 0.469 e. The second-order valence-corrected chi connectivity index (χ2v) is 5.92. The third kappa shape index (κ3) is 3.07. The number of ether oxygens (including phenoxy) is 1. The fourth-order valence-corrected chi connectivity index (χ4v) is 3.85. The average molecular weight is 306 g/mol. The van der Waals surface area contributed by atoms with E-state index in [0.29, 0.717) is 6.42 Å². The van der Waals surface area contributed by atoms with Crippen molar-refractivity contribution in [1.29, 1.82) is 0 Å². The Morgan fingerprint density at radius 3 is 3.00 bits per heavy atom. The van der Waals surface area contributed by atoms with Crippen LogP contribution in [0.4, 0.5) is 0 Å². The first-order valence-electron chi connectivity index (χ1n) is 7.34. The molecule has 0 saturated heterocycles. The van der Waals surface area contributed by atoms with Crippen LogP contribution in [0.3, 0.4) is 0 Å². The maximum atomic E-state index is 11.8. The van der Waals surface area contributed by atoms with Gasteiger partial charge in [-0.3, -0.25) is 9.78 Å². The van der Waals surface area contributed by atoms with E-state index in [1.807, 2.05) is 19.3 Å². The summed E-state index contributed by atoms with van der Waals surface area (Å²) in [7, 11) is 3.29. The molecule has 1 fully saturated rings. The minimum atomic E-state index is -0.315. The van der Waals surface area contributed by atoms with Crippen LogP contribution in [0.2, 0.25) is 0 Å². The summed E-state index contributed by atoms with van der Waals surface area (Å²) in [6.45, 7) is 0. The van der Waals surface area contributed by atoms with Crippen LogP contribution in [0.15, 0.2) is 24.5 Å². The van der Waals surface area contributed by atoms with Crippen LogP contribution >= 0.6 is 12.2 Å². The van der Waals surface area contributed by atoms with Gasteiger partial charge in [-0.05, 0) is 30.4 Å². The van der Waals surface area contributed by atoms with E-state index in [1.165, 1.54) is 7.11 Å². The minimum absolute atomic E-state index is 0.155. The Labute approximate surface area is 131 Å². The van der Waals surface area contributed by atoms with Gasteiger partial charge in [0.25, 0.3) is 0 Å². The molecule has 4 nitrogen and oxygen atoms in total. The molecule has 1 saturated carbocycles. The lowest BCUT2D eigenvalue weighted by molar-refractivity contribution is -0.142. The number of esters is 1. The van der Waals surface area contributed by atoms with E-state index in [2.05, 4.69) is 16.4 Å². The number of methoxy groups -OCH3 is 1. The van der Waals surface area contributed by atoms with Crippen LogP contribution in [0.25, 0.3) is 0 Å². The molecule has 0 aromatic carbocycles. The summed E-state index contributed by atoms with van der Waals surface area (Å²) in [4.78, 5) is 16.9. The molecule has 114 valence electrons. The van der Waals surface area contributed by atoms with Gasteiger partial charge in [-0.2, -0.15) is 0 Å². The smallest absolute Gasteiger partial charge is 0.305 e. The Morgan fingerprint density at radius 1 is 1.57 bits per heavy atom. The number of thiocarbonyl (C=S) groups is 1. The van der Waals surface area contributed by atoms with E-state index in [4.69, 9.17) is 17.0 Å². The minimum Gasteiger partial charge on any atom is -0.469 e. The van der Waals surface area contributed by atoms with Crippen LogP contribution in [-0.2, 0) is 14.9 Å². The standard InChI is InChI=1S/C16H22N2O2S/c1-17-15(21)16(13-7-5-9-18-11-13)8-4-3-6-12(16)10-14(19)20-2/h5,7,9,11-12H,3-4,6,8,10H2,1-2H3,(H,17,21)/t12?,16-/m1/s1. The predicted molar refractivity (Wildman–Crippen MR) is 86.2 cm³/mol. The summed E-state index contributed by atoms with van der Waals surface area (Å²) < 4.78 is 4.88. The van der Waals surface area contributed by atoms with E-state index in [9.17, 15) is 4.79 Å². The molecule has 0 aliphatic heterocycles. The molecular formula is C16H22N2O2S.